The summed E-state index contributed by atoms with van der Waals surface area (Å²) in [5, 5.41) is 13.8. The van der Waals surface area contributed by atoms with Crippen LogP contribution in [0, 0.1) is 12.3 Å². The van der Waals surface area contributed by atoms with Gasteiger partial charge in [0.2, 0.25) is 0 Å². The molecule has 134 valence electrons. The zero-order valence-corrected chi connectivity index (χ0v) is 15.0. The predicted octanol–water partition coefficient (Wildman–Crippen LogP) is 3.06. The number of nitrogens with one attached hydrogen (secondary N) is 1. The van der Waals surface area contributed by atoms with Gasteiger partial charge in [-0.15, -0.1) is 0 Å². The fourth-order valence-electron chi connectivity index (χ4n) is 4.41. The van der Waals surface area contributed by atoms with Crippen molar-refractivity contribution in [3.8, 4) is 5.75 Å². The Bertz CT molecular complexity index is 527. The molecule has 4 nitrogen and oxygen atoms in total. The van der Waals surface area contributed by atoms with E-state index in [4.69, 9.17) is 9.47 Å². The second-order valence-electron chi connectivity index (χ2n) is 7.31. The number of aliphatic hydroxyl groups is 1. The second kappa shape index (κ2) is 7.85. The van der Waals surface area contributed by atoms with Crippen LogP contribution in [0.15, 0.2) is 24.3 Å². The van der Waals surface area contributed by atoms with Crippen molar-refractivity contribution in [2.24, 2.45) is 5.41 Å². The Hall–Kier alpha value is -1.10. The number of aliphatic hydroxyl groups excluding tert-OH is 1. The molecule has 2 saturated carbocycles. The van der Waals surface area contributed by atoms with Crippen molar-refractivity contribution in [2.45, 2.75) is 64.2 Å². The Labute approximate surface area is 145 Å². The Morgan fingerprint density at radius 1 is 1.29 bits per heavy atom. The van der Waals surface area contributed by atoms with Crippen molar-refractivity contribution in [3.05, 3.63) is 29.8 Å². The van der Waals surface area contributed by atoms with Crippen molar-refractivity contribution in [1.29, 1.82) is 0 Å². The molecule has 3 unspecified atom stereocenters. The van der Waals surface area contributed by atoms with Crippen LogP contribution in [0.25, 0.3) is 0 Å². The van der Waals surface area contributed by atoms with Gasteiger partial charge in [0.25, 0.3) is 0 Å². The molecule has 1 aromatic rings. The molecule has 3 atom stereocenters. The van der Waals surface area contributed by atoms with E-state index in [0.29, 0.717) is 30.7 Å². The number of rotatable bonds is 8. The topological polar surface area (TPSA) is 50.7 Å². The number of aryl methyl sites for hydroxylation is 1. The Balaban J connectivity index is 1.45. The maximum atomic E-state index is 10.3. The van der Waals surface area contributed by atoms with Crippen molar-refractivity contribution < 1.29 is 14.6 Å². The molecule has 2 aliphatic rings. The highest BCUT2D eigenvalue weighted by molar-refractivity contribution is 5.31. The molecule has 1 aromatic carbocycles. The molecule has 0 aliphatic heterocycles. The third kappa shape index (κ3) is 3.61. The van der Waals surface area contributed by atoms with E-state index in [-0.39, 0.29) is 0 Å². The molecule has 2 N–H and O–H groups in total. The first kappa shape index (κ1) is 17.7. The van der Waals surface area contributed by atoms with Gasteiger partial charge in [0.05, 0.1) is 6.10 Å². The van der Waals surface area contributed by atoms with Crippen molar-refractivity contribution in [1.82, 2.24) is 5.32 Å². The SMILES string of the molecule is CCOC1CC(NCC(O)COc2ccccc2C)C12CCCC2. The Morgan fingerprint density at radius 2 is 2.04 bits per heavy atom. The minimum atomic E-state index is -0.491. The summed E-state index contributed by atoms with van der Waals surface area (Å²) in [6.45, 7) is 5.80. The summed E-state index contributed by atoms with van der Waals surface area (Å²) in [5.74, 6) is 0.851. The van der Waals surface area contributed by atoms with E-state index in [1.165, 1.54) is 25.7 Å². The van der Waals surface area contributed by atoms with Gasteiger partial charge in [0.1, 0.15) is 18.5 Å². The number of ether oxygens (including phenoxy) is 2. The Kier molecular flexibility index (Phi) is 5.80. The smallest absolute Gasteiger partial charge is 0.122 e. The highest BCUT2D eigenvalue weighted by Crippen LogP contribution is 2.54. The first-order valence-electron chi connectivity index (χ1n) is 9.37. The lowest BCUT2D eigenvalue weighted by Gasteiger charge is -2.54. The van der Waals surface area contributed by atoms with Crippen LogP contribution < -0.4 is 10.1 Å². The van der Waals surface area contributed by atoms with Gasteiger partial charge in [-0.3, -0.25) is 0 Å². The summed E-state index contributed by atoms with van der Waals surface area (Å²) in [5.41, 5.74) is 1.41. The van der Waals surface area contributed by atoms with Gasteiger partial charge in [-0.2, -0.15) is 0 Å². The van der Waals surface area contributed by atoms with Crippen LogP contribution in [0.4, 0.5) is 0 Å². The third-order valence-electron chi connectivity index (χ3n) is 5.81. The van der Waals surface area contributed by atoms with E-state index < -0.39 is 6.10 Å². The maximum Gasteiger partial charge on any atom is 0.122 e. The quantitative estimate of drug-likeness (QED) is 0.768. The molecule has 0 amide bonds. The van der Waals surface area contributed by atoms with Crippen LogP contribution in [0.3, 0.4) is 0 Å². The van der Waals surface area contributed by atoms with E-state index in [1.54, 1.807) is 0 Å². The highest BCUT2D eigenvalue weighted by Gasteiger charge is 2.56. The van der Waals surface area contributed by atoms with Crippen molar-refractivity contribution >= 4 is 0 Å². The number of hydrogen-bond acceptors (Lipinski definition) is 4. The lowest BCUT2D eigenvalue weighted by Crippen LogP contribution is -2.63. The summed E-state index contributed by atoms with van der Waals surface area (Å²) in [6.07, 6.45) is 6.11. The average molecular weight is 333 g/mol. The van der Waals surface area contributed by atoms with E-state index in [9.17, 15) is 5.11 Å². The molecular formula is C20H31NO3. The first-order valence-corrected chi connectivity index (χ1v) is 9.37. The van der Waals surface area contributed by atoms with Gasteiger partial charge in [-0.05, 0) is 44.7 Å². The molecule has 0 radical (unpaired) electrons. The lowest BCUT2D eigenvalue weighted by molar-refractivity contribution is -0.131. The zero-order chi connectivity index (χ0) is 17.0. The van der Waals surface area contributed by atoms with Crippen molar-refractivity contribution in [2.75, 3.05) is 19.8 Å². The number of para-hydroxylation sites is 1. The number of hydrogen-bond donors (Lipinski definition) is 2. The molecule has 1 spiro atoms. The molecule has 4 heteroatoms. The lowest BCUT2D eigenvalue weighted by atomic mass is 9.60. The third-order valence-corrected chi connectivity index (χ3v) is 5.81. The van der Waals surface area contributed by atoms with Crippen LogP contribution in [-0.2, 0) is 4.74 Å². The van der Waals surface area contributed by atoms with Gasteiger partial charge in [0, 0.05) is 24.6 Å². The standard InChI is InChI=1S/C20H31NO3/c1-3-23-19-12-18(20(19)10-6-7-11-20)21-13-16(22)14-24-17-9-5-4-8-15(17)2/h4-5,8-9,16,18-19,21-22H,3,6-7,10-14H2,1-2H3. The molecule has 2 aliphatic carbocycles. The van der Waals surface area contributed by atoms with Gasteiger partial charge >= 0.3 is 0 Å². The zero-order valence-electron chi connectivity index (χ0n) is 15.0. The summed E-state index contributed by atoms with van der Waals surface area (Å²) in [7, 11) is 0. The summed E-state index contributed by atoms with van der Waals surface area (Å²) < 4.78 is 11.7. The molecule has 3 rings (SSSR count). The van der Waals surface area contributed by atoms with E-state index in [2.05, 4.69) is 12.2 Å². The first-order chi connectivity index (χ1) is 11.7. The second-order valence-corrected chi connectivity index (χ2v) is 7.31. The molecule has 0 bridgehead atoms. The van der Waals surface area contributed by atoms with Crippen LogP contribution >= 0.6 is 0 Å². The fourth-order valence-corrected chi connectivity index (χ4v) is 4.41. The molecule has 0 heterocycles. The summed E-state index contributed by atoms with van der Waals surface area (Å²) in [6, 6.07) is 8.39. The molecule has 2 fully saturated rings. The monoisotopic (exact) mass is 333 g/mol. The molecule has 0 aromatic heterocycles. The van der Waals surface area contributed by atoms with Gasteiger partial charge in [-0.25, -0.2) is 0 Å². The van der Waals surface area contributed by atoms with Crippen LogP contribution in [0.1, 0.15) is 44.6 Å². The normalized spacial score (nSPS) is 26.3. The van der Waals surface area contributed by atoms with Gasteiger partial charge in [0.15, 0.2) is 0 Å². The predicted molar refractivity (Wildman–Crippen MR) is 95.4 cm³/mol. The minimum absolute atomic E-state index is 0.312. The summed E-state index contributed by atoms with van der Waals surface area (Å²) in [4.78, 5) is 0. The van der Waals surface area contributed by atoms with E-state index >= 15 is 0 Å². The maximum absolute atomic E-state index is 10.3. The van der Waals surface area contributed by atoms with Crippen LogP contribution in [0.5, 0.6) is 5.75 Å². The minimum Gasteiger partial charge on any atom is -0.491 e. The van der Waals surface area contributed by atoms with Crippen LogP contribution in [0.2, 0.25) is 0 Å². The van der Waals surface area contributed by atoms with Crippen LogP contribution in [-0.4, -0.2) is 43.1 Å². The van der Waals surface area contributed by atoms with E-state index in [1.807, 2.05) is 31.2 Å². The van der Waals surface area contributed by atoms with Crippen molar-refractivity contribution in [3.63, 3.8) is 0 Å². The average Bonchev–Trinajstić information content (AvgIpc) is 3.09. The highest BCUT2D eigenvalue weighted by atomic mass is 16.5. The summed E-state index contributed by atoms with van der Waals surface area (Å²) >= 11 is 0. The Morgan fingerprint density at radius 3 is 2.75 bits per heavy atom. The largest absolute Gasteiger partial charge is 0.491 e. The fraction of sp³-hybridized carbons (Fsp3) is 0.700. The molecule has 24 heavy (non-hydrogen) atoms. The van der Waals surface area contributed by atoms with E-state index in [0.717, 1.165) is 24.3 Å². The molecular weight excluding hydrogens is 302 g/mol. The van der Waals surface area contributed by atoms with Gasteiger partial charge in [-0.1, -0.05) is 31.0 Å². The molecule has 0 saturated heterocycles. The number of benzene rings is 1. The van der Waals surface area contributed by atoms with Gasteiger partial charge < -0.3 is 19.9 Å².